The predicted octanol–water partition coefficient (Wildman–Crippen LogP) is 0.522. The van der Waals surface area contributed by atoms with E-state index in [4.69, 9.17) is 10.5 Å². The molecule has 0 saturated carbocycles. The van der Waals surface area contributed by atoms with Crippen LogP contribution in [0.25, 0.3) is 0 Å². The van der Waals surface area contributed by atoms with Crippen molar-refractivity contribution >= 4 is 0 Å². The van der Waals surface area contributed by atoms with Gasteiger partial charge in [0.1, 0.15) is 0 Å². The van der Waals surface area contributed by atoms with Gasteiger partial charge in [0.05, 0.1) is 0 Å². The molecule has 1 unspecified atom stereocenters. The van der Waals surface area contributed by atoms with Gasteiger partial charge in [-0.3, -0.25) is 9.80 Å². The maximum Gasteiger partial charge on any atom is 0.0472 e. The number of ether oxygens (including phenoxy) is 1. The number of rotatable bonds is 3. The molecule has 3 rings (SSSR count). The third kappa shape index (κ3) is 2.57. The van der Waals surface area contributed by atoms with Crippen LogP contribution in [0.3, 0.4) is 0 Å². The Hall–Kier alpha value is -0.160. The monoisotopic (exact) mass is 253 g/mol. The Bertz CT molecular complexity index is 278. The van der Waals surface area contributed by atoms with Crippen molar-refractivity contribution < 1.29 is 4.74 Å². The Balaban J connectivity index is 1.58. The van der Waals surface area contributed by atoms with Gasteiger partial charge in [-0.15, -0.1) is 0 Å². The van der Waals surface area contributed by atoms with Gasteiger partial charge in [-0.25, -0.2) is 0 Å². The zero-order valence-corrected chi connectivity index (χ0v) is 11.4. The molecule has 4 heteroatoms. The van der Waals surface area contributed by atoms with Gasteiger partial charge >= 0.3 is 0 Å². The van der Waals surface area contributed by atoms with Crippen molar-refractivity contribution in [3.63, 3.8) is 0 Å². The van der Waals surface area contributed by atoms with Gasteiger partial charge in [0, 0.05) is 45.4 Å². The van der Waals surface area contributed by atoms with E-state index in [-0.39, 0.29) is 0 Å². The van der Waals surface area contributed by atoms with E-state index in [0.29, 0.717) is 5.41 Å². The van der Waals surface area contributed by atoms with Gasteiger partial charge in [0.15, 0.2) is 0 Å². The molecule has 0 aliphatic carbocycles. The van der Waals surface area contributed by atoms with E-state index in [0.717, 1.165) is 38.6 Å². The van der Waals surface area contributed by atoms with Crippen LogP contribution in [0.5, 0.6) is 0 Å². The standard InChI is InChI=1S/C14H27N3O/c15-11-14(3-8-18-9-4-14)12-16-6-7-17-5-1-2-13(17)10-16/h13H,1-12,15H2. The molecule has 3 aliphatic rings. The minimum absolute atomic E-state index is 0.332. The summed E-state index contributed by atoms with van der Waals surface area (Å²) in [6, 6.07) is 0.827. The molecule has 0 spiro atoms. The zero-order valence-electron chi connectivity index (χ0n) is 11.4. The highest BCUT2D eigenvalue weighted by atomic mass is 16.5. The first-order valence-corrected chi connectivity index (χ1v) is 7.56. The molecule has 1 atom stereocenters. The van der Waals surface area contributed by atoms with E-state index in [9.17, 15) is 0 Å². The average Bonchev–Trinajstić information content (AvgIpc) is 2.87. The van der Waals surface area contributed by atoms with Crippen LogP contribution in [0.1, 0.15) is 25.7 Å². The first kappa shape index (κ1) is 12.9. The third-order valence-corrected chi connectivity index (χ3v) is 5.22. The summed E-state index contributed by atoms with van der Waals surface area (Å²) < 4.78 is 5.50. The lowest BCUT2D eigenvalue weighted by molar-refractivity contribution is -0.0126. The molecule has 3 aliphatic heterocycles. The topological polar surface area (TPSA) is 41.7 Å². The second-order valence-electron chi connectivity index (χ2n) is 6.38. The van der Waals surface area contributed by atoms with Crippen molar-refractivity contribution in [1.82, 2.24) is 9.80 Å². The fourth-order valence-corrected chi connectivity index (χ4v) is 3.90. The molecule has 0 amide bonds. The van der Waals surface area contributed by atoms with Crippen LogP contribution in [0.15, 0.2) is 0 Å². The predicted molar refractivity (Wildman–Crippen MR) is 72.6 cm³/mol. The molecule has 3 fully saturated rings. The summed E-state index contributed by atoms with van der Waals surface area (Å²) in [4.78, 5) is 5.35. The SMILES string of the molecule is NCC1(CN2CCN3CCCC3C2)CCOCC1. The van der Waals surface area contributed by atoms with Gasteiger partial charge in [-0.1, -0.05) is 0 Å². The summed E-state index contributed by atoms with van der Waals surface area (Å²) in [5.41, 5.74) is 6.40. The molecule has 0 aromatic heterocycles. The normalized spacial score (nSPS) is 33.5. The lowest BCUT2D eigenvalue weighted by atomic mass is 9.79. The van der Waals surface area contributed by atoms with Crippen molar-refractivity contribution in [2.75, 3.05) is 52.5 Å². The van der Waals surface area contributed by atoms with E-state index < -0.39 is 0 Å². The quantitative estimate of drug-likeness (QED) is 0.796. The van der Waals surface area contributed by atoms with Crippen LogP contribution in [-0.2, 0) is 4.74 Å². The van der Waals surface area contributed by atoms with E-state index in [1.807, 2.05) is 0 Å². The number of nitrogens with zero attached hydrogens (tertiary/aromatic N) is 2. The van der Waals surface area contributed by atoms with Crippen LogP contribution in [0.2, 0.25) is 0 Å². The Morgan fingerprint density at radius 2 is 2.00 bits per heavy atom. The molecular formula is C14H27N3O. The van der Waals surface area contributed by atoms with Crippen molar-refractivity contribution in [3.8, 4) is 0 Å². The second-order valence-corrected chi connectivity index (χ2v) is 6.38. The van der Waals surface area contributed by atoms with Gasteiger partial charge in [-0.05, 0) is 44.2 Å². The number of fused-ring (bicyclic) bond motifs is 1. The maximum absolute atomic E-state index is 6.07. The first-order chi connectivity index (χ1) is 8.81. The summed E-state index contributed by atoms with van der Waals surface area (Å²) in [5.74, 6) is 0. The molecule has 4 nitrogen and oxygen atoms in total. The van der Waals surface area contributed by atoms with Gasteiger partial charge in [0.25, 0.3) is 0 Å². The maximum atomic E-state index is 6.07. The van der Waals surface area contributed by atoms with Crippen molar-refractivity contribution in [3.05, 3.63) is 0 Å². The molecule has 0 aromatic rings. The number of nitrogens with two attached hydrogens (primary N) is 1. The smallest absolute Gasteiger partial charge is 0.0472 e. The van der Waals surface area contributed by atoms with Gasteiger partial charge in [-0.2, -0.15) is 0 Å². The molecule has 0 radical (unpaired) electrons. The Morgan fingerprint density at radius 1 is 1.17 bits per heavy atom. The highest BCUT2D eigenvalue weighted by Gasteiger charge is 2.37. The van der Waals surface area contributed by atoms with Crippen LogP contribution < -0.4 is 5.73 Å². The molecule has 0 bridgehead atoms. The Morgan fingerprint density at radius 3 is 2.78 bits per heavy atom. The Labute approximate surface area is 110 Å². The van der Waals surface area contributed by atoms with Crippen molar-refractivity contribution in [2.24, 2.45) is 11.1 Å². The van der Waals surface area contributed by atoms with Crippen LogP contribution in [0, 0.1) is 5.41 Å². The van der Waals surface area contributed by atoms with Crippen LogP contribution in [0.4, 0.5) is 0 Å². The molecule has 2 N–H and O–H groups in total. The third-order valence-electron chi connectivity index (χ3n) is 5.22. The molecular weight excluding hydrogens is 226 g/mol. The average molecular weight is 253 g/mol. The largest absolute Gasteiger partial charge is 0.381 e. The highest BCUT2D eigenvalue weighted by molar-refractivity contribution is 4.91. The Kier molecular flexibility index (Phi) is 3.89. The minimum Gasteiger partial charge on any atom is -0.381 e. The summed E-state index contributed by atoms with van der Waals surface area (Å²) in [7, 11) is 0. The molecule has 18 heavy (non-hydrogen) atoms. The van der Waals surface area contributed by atoms with Gasteiger partial charge < -0.3 is 10.5 Å². The van der Waals surface area contributed by atoms with E-state index in [1.165, 1.54) is 45.6 Å². The van der Waals surface area contributed by atoms with E-state index >= 15 is 0 Å². The summed E-state index contributed by atoms with van der Waals surface area (Å²) in [6.07, 6.45) is 5.09. The van der Waals surface area contributed by atoms with Crippen molar-refractivity contribution in [2.45, 2.75) is 31.7 Å². The van der Waals surface area contributed by atoms with Crippen LogP contribution >= 0.6 is 0 Å². The lowest BCUT2D eigenvalue weighted by Gasteiger charge is -2.44. The number of hydrogen-bond acceptors (Lipinski definition) is 4. The summed E-state index contributed by atoms with van der Waals surface area (Å²) in [5, 5.41) is 0. The summed E-state index contributed by atoms with van der Waals surface area (Å²) in [6.45, 7) is 8.91. The fraction of sp³-hybridized carbons (Fsp3) is 1.00. The molecule has 3 heterocycles. The summed E-state index contributed by atoms with van der Waals surface area (Å²) >= 11 is 0. The van der Waals surface area contributed by atoms with E-state index in [2.05, 4.69) is 9.80 Å². The van der Waals surface area contributed by atoms with Crippen molar-refractivity contribution in [1.29, 1.82) is 0 Å². The molecule has 3 saturated heterocycles. The highest BCUT2D eigenvalue weighted by Crippen LogP contribution is 2.32. The minimum atomic E-state index is 0.332. The second kappa shape index (κ2) is 5.45. The number of piperazine rings is 1. The number of hydrogen-bond donors (Lipinski definition) is 1. The molecule has 104 valence electrons. The molecule has 0 aromatic carbocycles. The zero-order chi connectivity index (χ0) is 12.4. The van der Waals surface area contributed by atoms with Gasteiger partial charge in [0.2, 0.25) is 0 Å². The fourth-order valence-electron chi connectivity index (χ4n) is 3.90. The lowest BCUT2D eigenvalue weighted by Crippen LogP contribution is -2.54. The van der Waals surface area contributed by atoms with E-state index in [1.54, 1.807) is 0 Å². The first-order valence-electron chi connectivity index (χ1n) is 7.56. The van der Waals surface area contributed by atoms with Crippen LogP contribution in [-0.4, -0.2) is 68.3 Å².